The Morgan fingerprint density at radius 1 is 1.29 bits per heavy atom. The van der Waals surface area contributed by atoms with E-state index in [9.17, 15) is 18.0 Å². The predicted molar refractivity (Wildman–Crippen MR) is 74.4 cm³/mol. The predicted octanol–water partition coefficient (Wildman–Crippen LogP) is 2.90. The number of amides is 1. The Balaban J connectivity index is 2.96. The summed E-state index contributed by atoms with van der Waals surface area (Å²) < 4.78 is 43.9. The molecule has 0 aliphatic heterocycles. The molecule has 21 heavy (non-hydrogen) atoms. The second kappa shape index (κ2) is 7.87. The summed E-state index contributed by atoms with van der Waals surface area (Å²) in [6.07, 6.45) is -3.81. The zero-order valence-corrected chi connectivity index (χ0v) is 12.0. The van der Waals surface area contributed by atoms with E-state index in [1.54, 1.807) is 0 Å². The van der Waals surface area contributed by atoms with E-state index in [0.717, 1.165) is 6.07 Å². The first kappa shape index (κ1) is 17.3. The molecule has 2 N–H and O–H groups in total. The van der Waals surface area contributed by atoms with Crippen LogP contribution in [-0.4, -0.2) is 32.7 Å². The molecule has 7 heteroatoms. The van der Waals surface area contributed by atoms with E-state index in [-0.39, 0.29) is 17.8 Å². The van der Waals surface area contributed by atoms with Gasteiger partial charge in [0.25, 0.3) is 5.91 Å². The topological polar surface area (TPSA) is 50.4 Å². The first-order chi connectivity index (χ1) is 9.90. The van der Waals surface area contributed by atoms with Gasteiger partial charge in [0.2, 0.25) is 0 Å². The van der Waals surface area contributed by atoms with E-state index in [2.05, 4.69) is 10.6 Å². The monoisotopic (exact) mass is 304 g/mol. The molecule has 0 unspecified atom stereocenters. The average Bonchev–Trinajstić information content (AvgIpc) is 2.44. The van der Waals surface area contributed by atoms with Crippen molar-refractivity contribution in [2.24, 2.45) is 0 Å². The highest BCUT2D eigenvalue weighted by Gasteiger charge is 2.34. The molecule has 118 valence electrons. The molecule has 1 amide bonds. The molecule has 0 aliphatic carbocycles. The summed E-state index contributed by atoms with van der Waals surface area (Å²) in [5.41, 5.74) is -0.881. The summed E-state index contributed by atoms with van der Waals surface area (Å²) >= 11 is 0. The van der Waals surface area contributed by atoms with Crippen LogP contribution >= 0.6 is 0 Å². The van der Waals surface area contributed by atoms with Crippen LogP contribution in [0, 0.1) is 0 Å². The lowest BCUT2D eigenvalue weighted by Gasteiger charge is -2.15. The molecule has 0 radical (unpaired) electrons. The molecule has 1 rings (SSSR count). The number of nitrogens with one attached hydrogen (secondary N) is 2. The fourth-order valence-corrected chi connectivity index (χ4v) is 1.70. The number of carbonyl (C=O) groups excluding carboxylic acids is 1. The van der Waals surface area contributed by atoms with Crippen LogP contribution in [0.4, 0.5) is 18.9 Å². The summed E-state index contributed by atoms with van der Waals surface area (Å²) in [6, 6.07) is 3.51. The van der Waals surface area contributed by atoms with Crippen molar-refractivity contribution >= 4 is 11.6 Å². The van der Waals surface area contributed by atoms with Gasteiger partial charge in [0.15, 0.2) is 0 Å². The minimum absolute atomic E-state index is 0.0159. The van der Waals surface area contributed by atoms with Crippen molar-refractivity contribution in [2.75, 3.05) is 32.1 Å². The third kappa shape index (κ3) is 5.26. The summed E-state index contributed by atoms with van der Waals surface area (Å²) in [5.74, 6) is -0.556. The minimum atomic E-state index is -4.51. The van der Waals surface area contributed by atoms with Crippen molar-refractivity contribution in [1.29, 1.82) is 0 Å². The van der Waals surface area contributed by atoms with Crippen LogP contribution in [0.5, 0.6) is 0 Å². The number of ether oxygens (including phenoxy) is 1. The van der Waals surface area contributed by atoms with Crippen molar-refractivity contribution in [3.05, 3.63) is 29.3 Å². The fourth-order valence-electron chi connectivity index (χ4n) is 1.70. The zero-order valence-electron chi connectivity index (χ0n) is 12.0. The second-order valence-corrected chi connectivity index (χ2v) is 4.43. The van der Waals surface area contributed by atoms with Crippen LogP contribution in [0.3, 0.4) is 0 Å². The number of rotatable bonds is 7. The molecule has 1 aromatic carbocycles. The summed E-state index contributed by atoms with van der Waals surface area (Å²) in [4.78, 5) is 11.8. The van der Waals surface area contributed by atoms with Gasteiger partial charge in [-0.1, -0.05) is 6.92 Å². The molecule has 1 aromatic rings. The fraction of sp³-hybridized carbons (Fsp3) is 0.500. The Morgan fingerprint density at radius 3 is 2.57 bits per heavy atom. The maximum Gasteiger partial charge on any atom is 0.418 e. The lowest BCUT2D eigenvalue weighted by atomic mass is 10.1. The van der Waals surface area contributed by atoms with Gasteiger partial charge in [-0.05, 0) is 24.6 Å². The van der Waals surface area contributed by atoms with Crippen LogP contribution in [0.15, 0.2) is 18.2 Å². The second-order valence-electron chi connectivity index (χ2n) is 4.43. The zero-order chi connectivity index (χ0) is 15.9. The number of anilines is 1. The Morgan fingerprint density at radius 2 is 2.00 bits per heavy atom. The summed E-state index contributed by atoms with van der Waals surface area (Å²) in [7, 11) is 1.47. The standard InChI is InChI=1S/C14H19F3N2O2/c1-3-6-18-12-5-4-10(9-11(12)14(15,16)17)13(20)19-7-8-21-2/h4-5,9,18H,3,6-8H2,1-2H3,(H,19,20). The normalized spacial score (nSPS) is 11.3. The number of methoxy groups -OCH3 is 1. The smallest absolute Gasteiger partial charge is 0.385 e. The SMILES string of the molecule is CCCNc1ccc(C(=O)NCCOC)cc1C(F)(F)F. The van der Waals surface area contributed by atoms with Gasteiger partial charge in [-0.3, -0.25) is 4.79 Å². The number of halogens is 3. The Hall–Kier alpha value is -1.76. The van der Waals surface area contributed by atoms with Crippen molar-refractivity contribution in [3.8, 4) is 0 Å². The van der Waals surface area contributed by atoms with Crippen LogP contribution in [0.1, 0.15) is 29.3 Å². The first-order valence-corrected chi connectivity index (χ1v) is 6.62. The summed E-state index contributed by atoms with van der Waals surface area (Å²) in [6.45, 7) is 2.83. The Bertz CT molecular complexity index is 476. The van der Waals surface area contributed by atoms with E-state index in [1.807, 2.05) is 6.92 Å². The van der Waals surface area contributed by atoms with E-state index < -0.39 is 17.6 Å². The van der Waals surface area contributed by atoms with Crippen molar-refractivity contribution in [2.45, 2.75) is 19.5 Å². The molecule has 0 saturated carbocycles. The van der Waals surface area contributed by atoms with Gasteiger partial charge in [0.1, 0.15) is 0 Å². The molecule has 0 aliphatic rings. The van der Waals surface area contributed by atoms with Crippen molar-refractivity contribution < 1.29 is 22.7 Å². The van der Waals surface area contributed by atoms with Crippen LogP contribution in [-0.2, 0) is 10.9 Å². The maximum atomic E-state index is 13.0. The molecule has 0 aromatic heterocycles. The number of hydrogen-bond donors (Lipinski definition) is 2. The molecule has 4 nitrogen and oxygen atoms in total. The van der Waals surface area contributed by atoms with Crippen LogP contribution in [0.2, 0.25) is 0 Å². The van der Waals surface area contributed by atoms with E-state index in [1.165, 1.54) is 19.2 Å². The van der Waals surface area contributed by atoms with E-state index >= 15 is 0 Å². The average molecular weight is 304 g/mol. The van der Waals surface area contributed by atoms with Crippen LogP contribution in [0.25, 0.3) is 0 Å². The van der Waals surface area contributed by atoms with Gasteiger partial charge in [-0.25, -0.2) is 0 Å². The van der Waals surface area contributed by atoms with Crippen LogP contribution < -0.4 is 10.6 Å². The molecular weight excluding hydrogens is 285 g/mol. The van der Waals surface area contributed by atoms with Gasteiger partial charge in [0.05, 0.1) is 12.2 Å². The van der Waals surface area contributed by atoms with Gasteiger partial charge in [-0.15, -0.1) is 0 Å². The lowest BCUT2D eigenvalue weighted by Crippen LogP contribution is -2.27. The van der Waals surface area contributed by atoms with Crippen molar-refractivity contribution in [3.63, 3.8) is 0 Å². The highest BCUT2D eigenvalue weighted by Crippen LogP contribution is 2.35. The Labute approximate surface area is 121 Å². The highest BCUT2D eigenvalue weighted by atomic mass is 19.4. The molecular formula is C14H19F3N2O2. The third-order valence-electron chi connectivity index (χ3n) is 2.74. The van der Waals surface area contributed by atoms with Gasteiger partial charge in [0, 0.05) is 31.5 Å². The van der Waals surface area contributed by atoms with E-state index in [4.69, 9.17) is 4.74 Å². The Kier molecular flexibility index (Phi) is 6.48. The number of carbonyl (C=O) groups is 1. The largest absolute Gasteiger partial charge is 0.418 e. The minimum Gasteiger partial charge on any atom is -0.385 e. The van der Waals surface area contributed by atoms with Gasteiger partial charge in [-0.2, -0.15) is 13.2 Å². The van der Waals surface area contributed by atoms with Crippen molar-refractivity contribution in [1.82, 2.24) is 5.32 Å². The van der Waals surface area contributed by atoms with E-state index in [0.29, 0.717) is 19.6 Å². The molecule has 0 bridgehead atoms. The third-order valence-corrected chi connectivity index (χ3v) is 2.74. The molecule has 0 atom stereocenters. The molecule has 0 fully saturated rings. The summed E-state index contributed by atoms with van der Waals surface area (Å²) in [5, 5.41) is 5.21. The number of benzene rings is 1. The van der Waals surface area contributed by atoms with Gasteiger partial charge < -0.3 is 15.4 Å². The first-order valence-electron chi connectivity index (χ1n) is 6.62. The molecule has 0 spiro atoms. The number of alkyl halides is 3. The molecule has 0 heterocycles. The number of hydrogen-bond acceptors (Lipinski definition) is 3. The molecule has 0 saturated heterocycles. The lowest BCUT2D eigenvalue weighted by molar-refractivity contribution is -0.137. The maximum absolute atomic E-state index is 13.0. The quantitative estimate of drug-likeness (QED) is 0.762. The van der Waals surface area contributed by atoms with Gasteiger partial charge >= 0.3 is 6.18 Å². The highest BCUT2D eigenvalue weighted by molar-refractivity contribution is 5.95.